The molecule has 0 bridgehead atoms. The zero-order chi connectivity index (χ0) is 13.9. The van der Waals surface area contributed by atoms with Crippen LogP contribution in [0.2, 0.25) is 0 Å². The molecule has 1 rings (SSSR count). The van der Waals surface area contributed by atoms with Gasteiger partial charge >= 0.3 is 0 Å². The second-order valence-corrected chi connectivity index (χ2v) is 6.09. The van der Waals surface area contributed by atoms with Crippen LogP contribution in [0, 0.1) is 5.92 Å². The van der Waals surface area contributed by atoms with E-state index in [-0.39, 0.29) is 17.1 Å². The summed E-state index contributed by atoms with van der Waals surface area (Å²) in [4.78, 5) is 11.9. The van der Waals surface area contributed by atoms with Gasteiger partial charge in [-0.2, -0.15) is 0 Å². The van der Waals surface area contributed by atoms with Crippen LogP contribution >= 0.6 is 0 Å². The molecule has 0 aliphatic heterocycles. The first kappa shape index (κ1) is 14.6. The standard InChI is InChI=1S/C15H23NO2/c1-10(2)9-16-14(18)11-6-7-13(17)12(8-11)15(3,4)5/h6-8,10,17H,9H2,1-5H3,(H,16,18). The second kappa shape index (κ2) is 5.42. The van der Waals surface area contributed by atoms with Crippen molar-refractivity contribution in [3.05, 3.63) is 29.3 Å². The average Bonchev–Trinajstić information content (AvgIpc) is 2.24. The van der Waals surface area contributed by atoms with Crippen LogP contribution in [0.4, 0.5) is 0 Å². The van der Waals surface area contributed by atoms with E-state index >= 15 is 0 Å². The van der Waals surface area contributed by atoms with Gasteiger partial charge in [-0.15, -0.1) is 0 Å². The lowest BCUT2D eigenvalue weighted by atomic mass is 9.85. The minimum atomic E-state index is -0.182. The summed E-state index contributed by atoms with van der Waals surface area (Å²) in [7, 11) is 0. The van der Waals surface area contributed by atoms with Crippen LogP contribution in [0.25, 0.3) is 0 Å². The smallest absolute Gasteiger partial charge is 0.251 e. The molecule has 0 saturated carbocycles. The predicted molar refractivity (Wildman–Crippen MR) is 74.0 cm³/mol. The number of hydrogen-bond acceptors (Lipinski definition) is 2. The third kappa shape index (κ3) is 3.76. The number of carbonyl (C=O) groups excluding carboxylic acids is 1. The van der Waals surface area contributed by atoms with E-state index in [1.807, 2.05) is 20.8 Å². The Kier molecular flexibility index (Phi) is 4.38. The van der Waals surface area contributed by atoms with E-state index in [2.05, 4.69) is 19.2 Å². The van der Waals surface area contributed by atoms with Crippen molar-refractivity contribution in [1.82, 2.24) is 5.32 Å². The minimum absolute atomic E-state index is 0.0887. The summed E-state index contributed by atoms with van der Waals surface area (Å²) in [6, 6.07) is 5.01. The number of benzene rings is 1. The molecular formula is C15H23NO2. The van der Waals surface area contributed by atoms with Crippen LogP contribution in [-0.2, 0) is 5.41 Å². The highest BCUT2D eigenvalue weighted by Gasteiger charge is 2.19. The van der Waals surface area contributed by atoms with Crippen molar-refractivity contribution < 1.29 is 9.90 Å². The number of phenolic OH excluding ortho intramolecular Hbond substituents is 1. The van der Waals surface area contributed by atoms with Gasteiger partial charge in [0.15, 0.2) is 0 Å². The average molecular weight is 249 g/mol. The molecule has 1 aromatic carbocycles. The van der Waals surface area contributed by atoms with E-state index in [4.69, 9.17) is 0 Å². The molecule has 0 heterocycles. The molecule has 0 atom stereocenters. The number of rotatable bonds is 3. The summed E-state index contributed by atoms with van der Waals surface area (Å²) in [5, 5.41) is 12.7. The van der Waals surface area contributed by atoms with Crippen LogP contribution in [0.1, 0.15) is 50.5 Å². The van der Waals surface area contributed by atoms with E-state index in [0.717, 1.165) is 5.56 Å². The summed E-state index contributed by atoms with van der Waals surface area (Å²) in [6.07, 6.45) is 0. The Hall–Kier alpha value is -1.51. The van der Waals surface area contributed by atoms with Crippen molar-refractivity contribution in [2.45, 2.75) is 40.0 Å². The normalized spacial score (nSPS) is 11.7. The highest BCUT2D eigenvalue weighted by atomic mass is 16.3. The van der Waals surface area contributed by atoms with Crippen molar-refractivity contribution in [3.63, 3.8) is 0 Å². The molecule has 0 aliphatic rings. The first-order valence-electron chi connectivity index (χ1n) is 6.33. The monoisotopic (exact) mass is 249 g/mol. The van der Waals surface area contributed by atoms with E-state index in [9.17, 15) is 9.90 Å². The molecular weight excluding hydrogens is 226 g/mol. The fourth-order valence-electron chi connectivity index (χ4n) is 1.68. The van der Waals surface area contributed by atoms with Gasteiger partial charge in [-0.1, -0.05) is 34.6 Å². The summed E-state index contributed by atoms with van der Waals surface area (Å²) >= 11 is 0. The summed E-state index contributed by atoms with van der Waals surface area (Å²) in [5.74, 6) is 0.574. The van der Waals surface area contributed by atoms with Gasteiger partial charge in [0.05, 0.1) is 0 Å². The molecule has 3 nitrogen and oxygen atoms in total. The maximum atomic E-state index is 11.9. The molecule has 0 radical (unpaired) electrons. The lowest BCUT2D eigenvalue weighted by Crippen LogP contribution is -2.27. The Balaban J connectivity index is 2.95. The van der Waals surface area contributed by atoms with Gasteiger partial charge in [0, 0.05) is 17.7 Å². The summed E-state index contributed by atoms with van der Waals surface area (Å²) in [6.45, 7) is 10.8. The van der Waals surface area contributed by atoms with E-state index < -0.39 is 0 Å². The van der Waals surface area contributed by atoms with Gasteiger partial charge in [-0.3, -0.25) is 4.79 Å². The largest absolute Gasteiger partial charge is 0.508 e. The molecule has 0 spiro atoms. The lowest BCUT2D eigenvalue weighted by molar-refractivity contribution is 0.0949. The van der Waals surface area contributed by atoms with Crippen LogP contribution in [0.3, 0.4) is 0 Å². The Labute approximate surface area is 109 Å². The molecule has 0 fully saturated rings. The zero-order valence-electron chi connectivity index (χ0n) is 11.9. The molecule has 0 aromatic heterocycles. The molecule has 0 unspecified atom stereocenters. The number of carbonyl (C=O) groups is 1. The molecule has 0 saturated heterocycles. The van der Waals surface area contributed by atoms with E-state index in [0.29, 0.717) is 18.0 Å². The number of nitrogens with one attached hydrogen (secondary N) is 1. The maximum absolute atomic E-state index is 11.9. The molecule has 18 heavy (non-hydrogen) atoms. The van der Waals surface area contributed by atoms with Crippen molar-refractivity contribution in [2.24, 2.45) is 5.92 Å². The molecule has 1 amide bonds. The minimum Gasteiger partial charge on any atom is -0.508 e. The van der Waals surface area contributed by atoms with Crippen LogP contribution in [0.5, 0.6) is 5.75 Å². The fraction of sp³-hybridized carbons (Fsp3) is 0.533. The first-order valence-corrected chi connectivity index (χ1v) is 6.33. The second-order valence-electron chi connectivity index (χ2n) is 6.09. The van der Waals surface area contributed by atoms with Gasteiger partial charge in [-0.05, 0) is 29.5 Å². The number of aromatic hydroxyl groups is 1. The van der Waals surface area contributed by atoms with Crippen molar-refractivity contribution in [1.29, 1.82) is 0 Å². The SMILES string of the molecule is CC(C)CNC(=O)c1ccc(O)c(C(C)(C)C)c1. The highest BCUT2D eigenvalue weighted by Crippen LogP contribution is 2.31. The third-order valence-corrected chi connectivity index (χ3v) is 2.74. The van der Waals surface area contributed by atoms with Crippen LogP contribution in [-0.4, -0.2) is 17.6 Å². The molecule has 0 aliphatic carbocycles. The third-order valence-electron chi connectivity index (χ3n) is 2.74. The van der Waals surface area contributed by atoms with E-state index in [1.165, 1.54) is 0 Å². The Morgan fingerprint density at radius 2 is 1.94 bits per heavy atom. The lowest BCUT2D eigenvalue weighted by Gasteiger charge is -2.21. The quantitative estimate of drug-likeness (QED) is 0.865. The van der Waals surface area contributed by atoms with Gasteiger partial charge in [0.25, 0.3) is 5.91 Å². The highest BCUT2D eigenvalue weighted by molar-refractivity contribution is 5.94. The topological polar surface area (TPSA) is 49.3 Å². The Bertz CT molecular complexity index is 431. The van der Waals surface area contributed by atoms with Crippen LogP contribution < -0.4 is 5.32 Å². The van der Waals surface area contributed by atoms with Crippen molar-refractivity contribution in [2.75, 3.05) is 6.54 Å². The van der Waals surface area contributed by atoms with Gasteiger partial charge in [0.2, 0.25) is 0 Å². The van der Waals surface area contributed by atoms with Crippen molar-refractivity contribution >= 4 is 5.91 Å². The summed E-state index contributed by atoms with van der Waals surface area (Å²) in [5.41, 5.74) is 1.20. The molecule has 2 N–H and O–H groups in total. The fourth-order valence-corrected chi connectivity index (χ4v) is 1.68. The first-order chi connectivity index (χ1) is 8.21. The maximum Gasteiger partial charge on any atom is 0.251 e. The van der Waals surface area contributed by atoms with Gasteiger partial charge in [-0.25, -0.2) is 0 Å². The number of phenols is 1. The van der Waals surface area contributed by atoms with Gasteiger partial charge in [0.1, 0.15) is 5.75 Å². The van der Waals surface area contributed by atoms with Crippen molar-refractivity contribution in [3.8, 4) is 5.75 Å². The Morgan fingerprint density at radius 3 is 2.44 bits per heavy atom. The molecule has 100 valence electrons. The number of hydrogen-bond donors (Lipinski definition) is 2. The summed E-state index contributed by atoms with van der Waals surface area (Å²) < 4.78 is 0. The number of amides is 1. The van der Waals surface area contributed by atoms with Crippen LogP contribution in [0.15, 0.2) is 18.2 Å². The molecule has 3 heteroatoms. The zero-order valence-corrected chi connectivity index (χ0v) is 11.9. The molecule has 1 aromatic rings. The predicted octanol–water partition coefficient (Wildman–Crippen LogP) is 3.08. The van der Waals surface area contributed by atoms with Gasteiger partial charge < -0.3 is 10.4 Å². The Morgan fingerprint density at radius 1 is 1.33 bits per heavy atom. The van der Waals surface area contributed by atoms with E-state index in [1.54, 1.807) is 18.2 Å².